The Hall–Kier alpha value is -2.13. The molecule has 1 N–H and O–H groups in total. The first kappa shape index (κ1) is 24.1. The molecule has 0 aliphatic rings. The van der Waals surface area contributed by atoms with E-state index in [-0.39, 0.29) is 29.9 Å². The Labute approximate surface area is 185 Å². The molecule has 0 aliphatic carbocycles. The fraction of sp³-hybridized carbons (Fsp3) is 0.450. The molecule has 10 heteroatoms. The molecular formula is C20H25Cl2N3O5. The van der Waals surface area contributed by atoms with Gasteiger partial charge in [0.2, 0.25) is 5.89 Å². The van der Waals surface area contributed by atoms with E-state index < -0.39 is 0 Å². The van der Waals surface area contributed by atoms with Crippen molar-refractivity contribution < 1.29 is 23.5 Å². The number of benzene rings is 1. The monoisotopic (exact) mass is 457 g/mol. The number of halogens is 2. The number of hydrogen-bond acceptors (Lipinski definition) is 6. The van der Waals surface area contributed by atoms with E-state index in [0.717, 1.165) is 0 Å². The smallest absolute Gasteiger partial charge is 0.273 e. The molecular weight excluding hydrogens is 433 g/mol. The molecule has 1 aromatic heterocycles. The van der Waals surface area contributed by atoms with Crippen molar-refractivity contribution in [1.82, 2.24) is 15.2 Å². The summed E-state index contributed by atoms with van der Waals surface area (Å²) < 4.78 is 15.4. The number of methoxy groups -OCH3 is 2. The van der Waals surface area contributed by atoms with Crippen molar-refractivity contribution >= 4 is 35.0 Å². The highest BCUT2D eigenvalue weighted by molar-refractivity contribution is 6.35. The number of amides is 2. The Morgan fingerprint density at radius 3 is 2.43 bits per heavy atom. The van der Waals surface area contributed by atoms with Gasteiger partial charge in [0.1, 0.15) is 6.26 Å². The first-order valence-corrected chi connectivity index (χ1v) is 10.2. The Morgan fingerprint density at radius 2 is 1.77 bits per heavy atom. The minimum absolute atomic E-state index is 0.0869. The van der Waals surface area contributed by atoms with Crippen LogP contribution in [0.1, 0.15) is 39.6 Å². The lowest BCUT2D eigenvalue weighted by atomic mass is 10.2. The molecule has 0 aliphatic heterocycles. The van der Waals surface area contributed by atoms with E-state index in [9.17, 15) is 9.59 Å². The molecule has 0 atom stereocenters. The van der Waals surface area contributed by atoms with Crippen LogP contribution in [-0.2, 0) is 16.0 Å². The summed E-state index contributed by atoms with van der Waals surface area (Å²) in [6.07, 6.45) is 2.58. The van der Waals surface area contributed by atoms with E-state index in [4.69, 9.17) is 37.1 Å². The number of hydrogen-bond donors (Lipinski definition) is 1. The standard InChI is InChI=1S/C20H25Cl2N3O5/c1-28-7-3-5-23-19(26)17-13-30-18(24-17)12-25(6-4-8-29-2)20(27)14-9-15(21)11-16(22)10-14/h9-11,13H,3-8,12H2,1-2H3,(H,23,26). The molecule has 0 bridgehead atoms. The second-order valence-corrected chi connectivity index (χ2v) is 7.33. The van der Waals surface area contributed by atoms with Gasteiger partial charge in [0, 0.05) is 56.1 Å². The van der Waals surface area contributed by atoms with Gasteiger partial charge in [-0.25, -0.2) is 4.98 Å². The van der Waals surface area contributed by atoms with Crippen LogP contribution in [0.25, 0.3) is 0 Å². The first-order valence-electron chi connectivity index (χ1n) is 9.40. The summed E-state index contributed by atoms with van der Waals surface area (Å²) in [6.45, 7) is 1.99. The fourth-order valence-corrected chi connectivity index (χ4v) is 3.20. The minimum Gasteiger partial charge on any atom is -0.446 e. The van der Waals surface area contributed by atoms with Gasteiger partial charge in [-0.1, -0.05) is 23.2 Å². The zero-order valence-corrected chi connectivity index (χ0v) is 18.5. The third kappa shape index (κ3) is 7.60. The molecule has 30 heavy (non-hydrogen) atoms. The van der Waals surface area contributed by atoms with Gasteiger partial charge in [0.15, 0.2) is 5.69 Å². The van der Waals surface area contributed by atoms with Crippen LogP contribution in [-0.4, -0.2) is 62.2 Å². The van der Waals surface area contributed by atoms with Gasteiger partial charge >= 0.3 is 0 Å². The van der Waals surface area contributed by atoms with Gasteiger partial charge in [-0.05, 0) is 31.0 Å². The van der Waals surface area contributed by atoms with Crippen molar-refractivity contribution in [2.75, 3.05) is 40.5 Å². The summed E-state index contributed by atoms with van der Waals surface area (Å²) in [6, 6.07) is 4.65. The van der Waals surface area contributed by atoms with Crippen LogP contribution in [0.15, 0.2) is 28.9 Å². The number of rotatable bonds is 12. The summed E-state index contributed by atoms with van der Waals surface area (Å²) in [4.78, 5) is 30.9. The quantitative estimate of drug-likeness (QED) is 0.490. The second kappa shape index (κ2) is 12.5. The topological polar surface area (TPSA) is 93.9 Å². The van der Waals surface area contributed by atoms with E-state index in [1.165, 1.54) is 6.26 Å². The van der Waals surface area contributed by atoms with Gasteiger partial charge < -0.3 is 24.1 Å². The lowest BCUT2D eigenvalue weighted by Gasteiger charge is -2.21. The third-order valence-electron chi connectivity index (χ3n) is 4.09. The van der Waals surface area contributed by atoms with E-state index in [1.807, 2.05) is 0 Å². The molecule has 2 aromatic rings. The van der Waals surface area contributed by atoms with Crippen LogP contribution in [0.5, 0.6) is 0 Å². The average molecular weight is 458 g/mol. The summed E-state index contributed by atoms with van der Waals surface area (Å²) in [5.74, 6) is -0.379. The molecule has 1 aromatic carbocycles. The maximum atomic E-state index is 13.0. The normalized spacial score (nSPS) is 10.8. The molecule has 8 nitrogen and oxygen atoms in total. The van der Waals surface area contributed by atoms with Crippen molar-refractivity contribution in [2.24, 2.45) is 0 Å². The number of aromatic nitrogens is 1. The molecule has 0 fully saturated rings. The van der Waals surface area contributed by atoms with Crippen LogP contribution in [0.2, 0.25) is 10.0 Å². The number of carbonyl (C=O) groups is 2. The minimum atomic E-state index is -0.347. The van der Waals surface area contributed by atoms with E-state index in [1.54, 1.807) is 37.3 Å². The number of carbonyl (C=O) groups excluding carboxylic acids is 2. The van der Waals surface area contributed by atoms with Crippen molar-refractivity contribution in [3.63, 3.8) is 0 Å². The van der Waals surface area contributed by atoms with E-state index in [2.05, 4.69) is 10.3 Å². The maximum Gasteiger partial charge on any atom is 0.273 e. The molecule has 2 amide bonds. The van der Waals surface area contributed by atoms with Gasteiger partial charge in [0.05, 0.1) is 6.54 Å². The Balaban J connectivity index is 2.08. The molecule has 2 rings (SSSR count). The molecule has 0 radical (unpaired) electrons. The summed E-state index contributed by atoms with van der Waals surface area (Å²) in [5, 5.41) is 3.47. The number of nitrogens with zero attached hydrogens (tertiary/aromatic N) is 2. The van der Waals surface area contributed by atoms with Crippen LogP contribution >= 0.6 is 23.2 Å². The zero-order chi connectivity index (χ0) is 21.9. The summed E-state index contributed by atoms with van der Waals surface area (Å²) in [5.41, 5.74) is 0.505. The Kier molecular flexibility index (Phi) is 10.1. The van der Waals surface area contributed by atoms with Gasteiger partial charge in [-0.2, -0.15) is 0 Å². The highest BCUT2D eigenvalue weighted by Gasteiger charge is 2.20. The summed E-state index contributed by atoms with van der Waals surface area (Å²) >= 11 is 12.1. The Bertz CT molecular complexity index is 823. The lowest BCUT2D eigenvalue weighted by Crippen LogP contribution is -2.32. The maximum absolute atomic E-state index is 13.0. The molecule has 164 valence electrons. The van der Waals surface area contributed by atoms with Crippen molar-refractivity contribution in [3.8, 4) is 0 Å². The van der Waals surface area contributed by atoms with E-state index in [0.29, 0.717) is 54.8 Å². The molecule has 1 heterocycles. The third-order valence-corrected chi connectivity index (χ3v) is 4.53. The molecule has 0 saturated carbocycles. The SMILES string of the molecule is COCCCNC(=O)c1coc(CN(CCCOC)C(=O)c2cc(Cl)cc(Cl)c2)n1. The second-order valence-electron chi connectivity index (χ2n) is 6.46. The number of nitrogens with one attached hydrogen (secondary N) is 1. The van der Waals surface area contributed by atoms with Crippen LogP contribution in [0, 0.1) is 0 Å². The molecule has 0 unspecified atom stereocenters. The van der Waals surface area contributed by atoms with Gasteiger partial charge in [-0.3, -0.25) is 9.59 Å². The Morgan fingerprint density at radius 1 is 1.10 bits per heavy atom. The predicted molar refractivity (Wildman–Crippen MR) is 113 cm³/mol. The zero-order valence-electron chi connectivity index (χ0n) is 17.0. The van der Waals surface area contributed by atoms with Gasteiger partial charge in [0.25, 0.3) is 11.8 Å². The van der Waals surface area contributed by atoms with Crippen molar-refractivity contribution in [2.45, 2.75) is 19.4 Å². The van der Waals surface area contributed by atoms with Crippen LogP contribution < -0.4 is 5.32 Å². The predicted octanol–water partition coefficient (Wildman–Crippen LogP) is 3.43. The summed E-state index contributed by atoms with van der Waals surface area (Å²) in [7, 11) is 3.19. The van der Waals surface area contributed by atoms with Crippen LogP contribution in [0.4, 0.5) is 0 Å². The number of ether oxygens (including phenoxy) is 2. The average Bonchev–Trinajstić information content (AvgIpc) is 3.18. The van der Waals surface area contributed by atoms with Crippen molar-refractivity contribution in [1.29, 1.82) is 0 Å². The van der Waals surface area contributed by atoms with E-state index >= 15 is 0 Å². The molecule has 0 saturated heterocycles. The van der Waals surface area contributed by atoms with Gasteiger partial charge in [-0.15, -0.1) is 0 Å². The molecule has 0 spiro atoms. The highest BCUT2D eigenvalue weighted by atomic mass is 35.5. The highest BCUT2D eigenvalue weighted by Crippen LogP contribution is 2.21. The lowest BCUT2D eigenvalue weighted by molar-refractivity contribution is 0.0708. The van der Waals surface area contributed by atoms with Crippen LogP contribution in [0.3, 0.4) is 0 Å². The fourth-order valence-electron chi connectivity index (χ4n) is 2.67. The first-order chi connectivity index (χ1) is 14.4. The largest absolute Gasteiger partial charge is 0.446 e. The van der Waals surface area contributed by atoms with Crippen molar-refractivity contribution in [3.05, 3.63) is 51.7 Å². The number of oxazole rings is 1.